The highest BCUT2D eigenvalue weighted by atomic mass is 16.3. The SMILES string of the molecule is Cc1nn(C)c(N2CC(O)CC2CN(C)C)c1C(=N)N. The first-order chi connectivity index (χ1) is 9.31. The number of amidine groups is 1. The lowest BCUT2D eigenvalue weighted by atomic mass is 10.1. The van der Waals surface area contributed by atoms with Crippen LogP contribution >= 0.6 is 0 Å². The van der Waals surface area contributed by atoms with Crippen molar-refractivity contribution in [2.75, 3.05) is 32.1 Å². The Morgan fingerprint density at radius 3 is 2.75 bits per heavy atom. The molecule has 1 fully saturated rings. The number of aliphatic hydroxyl groups excluding tert-OH is 1. The highest BCUT2D eigenvalue weighted by Gasteiger charge is 2.35. The number of likely N-dealkylation sites (N-methyl/N-ethyl adjacent to an activating group) is 1. The predicted octanol–water partition coefficient (Wildman–Crippen LogP) is -0.486. The van der Waals surface area contributed by atoms with Crippen molar-refractivity contribution in [3.63, 3.8) is 0 Å². The lowest BCUT2D eigenvalue weighted by Crippen LogP contribution is -2.39. The molecular formula is C13H24N6O. The molecule has 112 valence electrons. The topological polar surface area (TPSA) is 94.4 Å². The fourth-order valence-corrected chi connectivity index (χ4v) is 3.04. The lowest BCUT2D eigenvalue weighted by molar-refractivity contribution is 0.191. The molecule has 2 atom stereocenters. The summed E-state index contributed by atoms with van der Waals surface area (Å²) in [5, 5.41) is 22.1. The minimum absolute atomic E-state index is 0.0237. The highest BCUT2D eigenvalue weighted by Crippen LogP contribution is 2.30. The van der Waals surface area contributed by atoms with Crippen molar-refractivity contribution >= 4 is 11.7 Å². The van der Waals surface area contributed by atoms with Crippen LogP contribution in [0.3, 0.4) is 0 Å². The molecule has 0 radical (unpaired) electrons. The molecule has 1 aromatic rings. The normalized spacial score (nSPS) is 22.8. The average molecular weight is 280 g/mol. The first-order valence-corrected chi connectivity index (χ1v) is 6.78. The second-order valence-electron chi connectivity index (χ2n) is 5.78. The molecule has 1 aromatic heterocycles. The number of β-amino-alcohol motifs (C(OH)–C–C–N with tert-alkyl or cyclic N) is 1. The zero-order valence-electron chi connectivity index (χ0n) is 12.6. The molecule has 0 aliphatic carbocycles. The number of nitrogen functional groups attached to an aromatic ring is 1. The number of anilines is 1. The van der Waals surface area contributed by atoms with E-state index in [-0.39, 0.29) is 18.0 Å². The minimum Gasteiger partial charge on any atom is -0.391 e. The summed E-state index contributed by atoms with van der Waals surface area (Å²) in [5.74, 6) is 0.856. The van der Waals surface area contributed by atoms with Gasteiger partial charge in [-0.1, -0.05) is 0 Å². The van der Waals surface area contributed by atoms with Gasteiger partial charge in [-0.15, -0.1) is 0 Å². The van der Waals surface area contributed by atoms with Gasteiger partial charge in [0.25, 0.3) is 0 Å². The van der Waals surface area contributed by atoms with Gasteiger partial charge in [0.2, 0.25) is 0 Å². The van der Waals surface area contributed by atoms with Crippen molar-refractivity contribution in [1.82, 2.24) is 14.7 Å². The molecule has 7 heteroatoms. The van der Waals surface area contributed by atoms with Crippen LogP contribution in [0.1, 0.15) is 17.7 Å². The van der Waals surface area contributed by atoms with E-state index in [1.807, 2.05) is 28.1 Å². The zero-order valence-corrected chi connectivity index (χ0v) is 12.6. The zero-order chi connectivity index (χ0) is 15.0. The van der Waals surface area contributed by atoms with Crippen LogP contribution in [0, 0.1) is 12.3 Å². The maximum atomic E-state index is 10.00. The van der Waals surface area contributed by atoms with E-state index < -0.39 is 0 Å². The Bertz CT molecular complexity index is 509. The predicted molar refractivity (Wildman–Crippen MR) is 79.3 cm³/mol. The number of aromatic nitrogens is 2. The summed E-state index contributed by atoms with van der Waals surface area (Å²) in [5.41, 5.74) is 7.13. The summed E-state index contributed by atoms with van der Waals surface area (Å²) in [6, 6.07) is 0.202. The van der Waals surface area contributed by atoms with Gasteiger partial charge in [0.15, 0.2) is 0 Å². The summed E-state index contributed by atoms with van der Waals surface area (Å²) in [6.45, 7) is 3.25. The number of aliphatic hydroxyl groups is 1. The summed E-state index contributed by atoms with van der Waals surface area (Å²) in [6.07, 6.45) is 0.370. The van der Waals surface area contributed by atoms with Crippen LogP contribution in [-0.2, 0) is 7.05 Å². The number of hydrogen-bond acceptors (Lipinski definition) is 5. The van der Waals surface area contributed by atoms with Crippen LogP contribution in [0.25, 0.3) is 0 Å². The van der Waals surface area contributed by atoms with E-state index in [0.29, 0.717) is 12.1 Å². The molecule has 0 aromatic carbocycles. The molecule has 0 saturated carbocycles. The molecule has 1 aliphatic rings. The molecule has 7 nitrogen and oxygen atoms in total. The number of nitrogens with one attached hydrogen (secondary N) is 1. The standard InChI is InChI=1S/C13H24N6O/c1-8-11(12(14)15)13(18(4)16-8)19-7-10(20)5-9(19)6-17(2)3/h9-10,20H,5-7H2,1-4H3,(H3,14,15). The number of rotatable bonds is 4. The van der Waals surface area contributed by atoms with Crippen LogP contribution in [-0.4, -0.2) is 65.0 Å². The van der Waals surface area contributed by atoms with Crippen molar-refractivity contribution in [1.29, 1.82) is 5.41 Å². The van der Waals surface area contributed by atoms with Gasteiger partial charge in [-0.25, -0.2) is 0 Å². The molecule has 20 heavy (non-hydrogen) atoms. The summed E-state index contributed by atoms with van der Waals surface area (Å²) < 4.78 is 1.76. The van der Waals surface area contributed by atoms with Gasteiger partial charge in [-0.2, -0.15) is 5.10 Å². The van der Waals surface area contributed by atoms with Crippen molar-refractivity contribution in [3.8, 4) is 0 Å². The first-order valence-electron chi connectivity index (χ1n) is 6.78. The van der Waals surface area contributed by atoms with Crippen LogP contribution in [0.5, 0.6) is 0 Å². The number of nitrogens with zero attached hydrogens (tertiary/aromatic N) is 4. The molecule has 0 amide bonds. The quantitative estimate of drug-likeness (QED) is 0.511. The monoisotopic (exact) mass is 280 g/mol. The van der Waals surface area contributed by atoms with E-state index in [1.54, 1.807) is 4.68 Å². The van der Waals surface area contributed by atoms with E-state index in [1.165, 1.54) is 0 Å². The van der Waals surface area contributed by atoms with E-state index in [0.717, 1.165) is 24.5 Å². The highest BCUT2D eigenvalue weighted by molar-refractivity contribution is 6.01. The maximum absolute atomic E-state index is 10.00. The molecule has 1 saturated heterocycles. The molecule has 1 aliphatic heterocycles. The molecular weight excluding hydrogens is 256 g/mol. The third-order valence-corrected chi connectivity index (χ3v) is 3.70. The number of aryl methyl sites for hydroxylation is 2. The Balaban J connectivity index is 2.41. The minimum atomic E-state index is -0.352. The van der Waals surface area contributed by atoms with E-state index in [4.69, 9.17) is 11.1 Å². The van der Waals surface area contributed by atoms with Crippen LogP contribution in [0.4, 0.5) is 5.82 Å². The Hall–Kier alpha value is -1.60. The molecule has 0 bridgehead atoms. The Kier molecular flexibility index (Phi) is 4.01. The molecule has 2 heterocycles. The van der Waals surface area contributed by atoms with E-state index in [9.17, 15) is 5.11 Å². The van der Waals surface area contributed by atoms with Gasteiger partial charge in [0, 0.05) is 26.2 Å². The van der Waals surface area contributed by atoms with E-state index in [2.05, 4.69) is 14.9 Å². The largest absolute Gasteiger partial charge is 0.391 e. The van der Waals surface area contributed by atoms with Gasteiger partial charge in [-0.3, -0.25) is 10.1 Å². The second-order valence-corrected chi connectivity index (χ2v) is 5.78. The third-order valence-electron chi connectivity index (χ3n) is 3.70. The molecule has 4 N–H and O–H groups in total. The third kappa shape index (κ3) is 2.64. The summed E-state index contributed by atoms with van der Waals surface area (Å²) in [7, 11) is 5.89. The molecule has 2 unspecified atom stereocenters. The maximum Gasteiger partial charge on any atom is 0.138 e. The van der Waals surface area contributed by atoms with Crippen LogP contribution in [0.15, 0.2) is 0 Å². The Morgan fingerprint density at radius 1 is 1.55 bits per heavy atom. The second kappa shape index (κ2) is 5.41. The Labute approximate surface area is 119 Å². The summed E-state index contributed by atoms with van der Waals surface area (Å²) >= 11 is 0. The van der Waals surface area contributed by atoms with Gasteiger partial charge < -0.3 is 20.6 Å². The Morgan fingerprint density at radius 2 is 2.20 bits per heavy atom. The van der Waals surface area contributed by atoms with Crippen molar-refractivity contribution in [2.45, 2.75) is 25.5 Å². The van der Waals surface area contributed by atoms with Gasteiger partial charge in [0.1, 0.15) is 11.7 Å². The van der Waals surface area contributed by atoms with Gasteiger partial charge >= 0.3 is 0 Å². The number of nitrogens with two attached hydrogens (primary N) is 1. The molecule has 0 spiro atoms. The first kappa shape index (κ1) is 14.8. The van der Waals surface area contributed by atoms with Gasteiger partial charge in [0.05, 0.1) is 17.4 Å². The van der Waals surface area contributed by atoms with Crippen LogP contribution < -0.4 is 10.6 Å². The number of hydrogen-bond donors (Lipinski definition) is 3. The average Bonchev–Trinajstić information content (AvgIpc) is 2.77. The van der Waals surface area contributed by atoms with Crippen LogP contribution in [0.2, 0.25) is 0 Å². The fourth-order valence-electron chi connectivity index (χ4n) is 3.04. The van der Waals surface area contributed by atoms with Crippen molar-refractivity contribution < 1.29 is 5.11 Å². The van der Waals surface area contributed by atoms with E-state index >= 15 is 0 Å². The fraction of sp³-hybridized carbons (Fsp3) is 0.692. The van der Waals surface area contributed by atoms with Crippen molar-refractivity contribution in [3.05, 3.63) is 11.3 Å². The van der Waals surface area contributed by atoms with Gasteiger partial charge in [-0.05, 0) is 27.4 Å². The van der Waals surface area contributed by atoms with Crippen molar-refractivity contribution in [2.24, 2.45) is 12.8 Å². The summed E-state index contributed by atoms with van der Waals surface area (Å²) in [4.78, 5) is 4.23. The smallest absolute Gasteiger partial charge is 0.138 e. The molecule has 2 rings (SSSR count). The lowest BCUT2D eigenvalue weighted by Gasteiger charge is -2.29.